The van der Waals surface area contributed by atoms with Gasteiger partial charge < -0.3 is 10.6 Å². The van der Waals surface area contributed by atoms with Crippen molar-refractivity contribution in [1.29, 1.82) is 5.41 Å². The van der Waals surface area contributed by atoms with Crippen molar-refractivity contribution in [3.8, 4) is 0 Å². The summed E-state index contributed by atoms with van der Waals surface area (Å²) in [6.45, 7) is 1.64. The molecule has 0 atom stereocenters. The highest BCUT2D eigenvalue weighted by molar-refractivity contribution is 5.76. The molecule has 0 radical (unpaired) electrons. The van der Waals surface area contributed by atoms with E-state index in [0.717, 1.165) is 18.8 Å². The van der Waals surface area contributed by atoms with Crippen molar-refractivity contribution in [3.63, 3.8) is 0 Å². The zero-order valence-corrected chi connectivity index (χ0v) is 11.1. The second-order valence-electron chi connectivity index (χ2n) is 5.24. The highest BCUT2D eigenvalue weighted by atomic mass is 15.3. The lowest BCUT2D eigenvalue weighted by molar-refractivity contribution is 0.328. The van der Waals surface area contributed by atoms with Crippen LogP contribution in [0.4, 0.5) is 0 Å². The number of nitrogens with one attached hydrogen (secondary N) is 1. The van der Waals surface area contributed by atoms with Crippen molar-refractivity contribution < 1.29 is 0 Å². The Morgan fingerprint density at radius 3 is 2.94 bits per heavy atom. The van der Waals surface area contributed by atoms with Crippen LogP contribution in [0.3, 0.4) is 0 Å². The minimum atomic E-state index is 0.248. The van der Waals surface area contributed by atoms with Crippen molar-refractivity contribution >= 4 is 5.84 Å². The molecular formula is C13H23N5. The summed E-state index contributed by atoms with van der Waals surface area (Å²) in [5, 5.41) is 11.9. The van der Waals surface area contributed by atoms with Crippen LogP contribution in [0.25, 0.3) is 0 Å². The number of rotatable bonds is 6. The maximum absolute atomic E-state index is 7.22. The quantitative estimate of drug-likeness (QED) is 0.596. The second kappa shape index (κ2) is 6.00. The van der Waals surface area contributed by atoms with E-state index >= 15 is 0 Å². The first-order valence-corrected chi connectivity index (χ1v) is 6.70. The minimum absolute atomic E-state index is 0.248. The van der Waals surface area contributed by atoms with Gasteiger partial charge in [-0.1, -0.05) is 12.8 Å². The monoisotopic (exact) mass is 249 g/mol. The zero-order valence-electron chi connectivity index (χ0n) is 11.1. The molecule has 1 aliphatic carbocycles. The number of nitrogens with zero attached hydrogens (tertiary/aromatic N) is 3. The third-order valence-electron chi connectivity index (χ3n) is 3.56. The van der Waals surface area contributed by atoms with E-state index in [2.05, 4.69) is 26.9 Å². The predicted molar refractivity (Wildman–Crippen MR) is 72.6 cm³/mol. The maximum Gasteiger partial charge on any atom is 0.0918 e. The molecule has 0 aromatic carbocycles. The molecule has 0 saturated heterocycles. The summed E-state index contributed by atoms with van der Waals surface area (Å²) >= 11 is 0. The first kappa shape index (κ1) is 13.1. The average molecular weight is 249 g/mol. The van der Waals surface area contributed by atoms with Crippen molar-refractivity contribution in [2.75, 3.05) is 13.6 Å². The van der Waals surface area contributed by atoms with Crippen LogP contribution in [-0.2, 0) is 6.54 Å². The summed E-state index contributed by atoms with van der Waals surface area (Å²) in [4.78, 5) is 2.16. The lowest BCUT2D eigenvalue weighted by atomic mass is 10.3. The molecule has 1 heterocycles. The normalized spacial score (nSPS) is 16.6. The van der Waals surface area contributed by atoms with Gasteiger partial charge in [0.05, 0.1) is 17.6 Å². The summed E-state index contributed by atoms with van der Waals surface area (Å²) in [6.07, 6.45) is 7.92. The van der Waals surface area contributed by atoms with Gasteiger partial charge in [0.1, 0.15) is 0 Å². The Hall–Kier alpha value is -1.36. The number of amidine groups is 1. The molecule has 0 bridgehead atoms. The fraction of sp³-hybridized carbons (Fsp3) is 0.692. The van der Waals surface area contributed by atoms with E-state index in [-0.39, 0.29) is 5.84 Å². The Labute approximate surface area is 108 Å². The van der Waals surface area contributed by atoms with E-state index in [1.807, 2.05) is 7.05 Å². The highest BCUT2D eigenvalue weighted by Crippen LogP contribution is 2.28. The van der Waals surface area contributed by atoms with Crippen LogP contribution in [0.2, 0.25) is 0 Å². The van der Waals surface area contributed by atoms with E-state index in [0.29, 0.717) is 12.5 Å². The van der Waals surface area contributed by atoms with Crippen molar-refractivity contribution in [1.82, 2.24) is 14.7 Å². The maximum atomic E-state index is 7.22. The van der Waals surface area contributed by atoms with Gasteiger partial charge in [-0.25, -0.2) is 0 Å². The molecule has 2 rings (SSSR count). The average Bonchev–Trinajstić information content (AvgIpc) is 2.95. The molecule has 0 amide bonds. The van der Waals surface area contributed by atoms with Gasteiger partial charge >= 0.3 is 0 Å². The Morgan fingerprint density at radius 2 is 2.28 bits per heavy atom. The molecule has 1 aromatic heterocycles. The van der Waals surface area contributed by atoms with Gasteiger partial charge in [-0.15, -0.1) is 0 Å². The second-order valence-corrected chi connectivity index (χ2v) is 5.24. The molecule has 5 nitrogen and oxygen atoms in total. The molecule has 1 aliphatic rings. The summed E-state index contributed by atoms with van der Waals surface area (Å²) in [5.74, 6) is 0.248. The lowest BCUT2D eigenvalue weighted by Gasteiger charge is -2.14. The standard InChI is InChI=1S/C13H23N5/c1-17(8-7-13(14)15)10-11-6-9-18(16-11)12-4-2-3-5-12/h6,9,12H,2-5,7-8,10H2,1H3,(H3,14,15). The third-order valence-corrected chi connectivity index (χ3v) is 3.56. The Morgan fingerprint density at radius 1 is 1.56 bits per heavy atom. The van der Waals surface area contributed by atoms with Crippen molar-refractivity contribution in [3.05, 3.63) is 18.0 Å². The highest BCUT2D eigenvalue weighted by Gasteiger charge is 2.17. The van der Waals surface area contributed by atoms with Crippen LogP contribution in [0.1, 0.15) is 43.8 Å². The minimum Gasteiger partial charge on any atom is -0.388 e. The zero-order chi connectivity index (χ0) is 13.0. The van der Waals surface area contributed by atoms with Gasteiger partial charge in [0.15, 0.2) is 0 Å². The van der Waals surface area contributed by atoms with E-state index < -0.39 is 0 Å². The fourth-order valence-electron chi connectivity index (χ4n) is 2.50. The van der Waals surface area contributed by atoms with Crippen LogP contribution in [0.5, 0.6) is 0 Å². The molecule has 1 aromatic rings. The SMILES string of the molecule is CN(CCC(=N)N)Cc1ccn(C2CCCC2)n1. The van der Waals surface area contributed by atoms with Crippen molar-refractivity contribution in [2.45, 2.75) is 44.7 Å². The van der Waals surface area contributed by atoms with Crippen LogP contribution in [0.15, 0.2) is 12.3 Å². The summed E-state index contributed by atoms with van der Waals surface area (Å²) < 4.78 is 2.13. The van der Waals surface area contributed by atoms with Gasteiger partial charge in [-0.2, -0.15) is 5.10 Å². The molecular weight excluding hydrogens is 226 g/mol. The topological polar surface area (TPSA) is 70.9 Å². The first-order chi connectivity index (χ1) is 8.65. The fourth-order valence-corrected chi connectivity index (χ4v) is 2.50. The van der Waals surface area contributed by atoms with Gasteiger partial charge in [-0.05, 0) is 26.0 Å². The molecule has 5 heteroatoms. The molecule has 0 spiro atoms. The molecule has 18 heavy (non-hydrogen) atoms. The van der Waals surface area contributed by atoms with Crippen molar-refractivity contribution in [2.24, 2.45) is 5.73 Å². The number of hydrogen-bond acceptors (Lipinski definition) is 3. The Kier molecular flexibility index (Phi) is 4.36. The molecule has 0 unspecified atom stereocenters. The van der Waals surface area contributed by atoms with Gasteiger partial charge in [-0.3, -0.25) is 10.1 Å². The van der Waals surface area contributed by atoms with Gasteiger partial charge in [0, 0.05) is 25.7 Å². The molecule has 100 valence electrons. The van der Waals surface area contributed by atoms with Crippen LogP contribution >= 0.6 is 0 Å². The molecule has 0 aliphatic heterocycles. The van der Waals surface area contributed by atoms with E-state index in [1.165, 1.54) is 25.7 Å². The van der Waals surface area contributed by atoms with Gasteiger partial charge in [0.25, 0.3) is 0 Å². The van der Waals surface area contributed by atoms with E-state index in [9.17, 15) is 0 Å². The summed E-state index contributed by atoms with van der Waals surface area (Å²) in [7, 11) is 2.04. The number of nitrogens with two attached hydrogens (primary N) is 1. The van der Waals surface area contributed by atoms with E-state index in [1.54, 1.807) is 0 Å². The third kappa shape index (κ3) is 3.57. The lowest BCUT2D eigenvalue weighted by Crippen LogP contribution is -2.24. The Balaban J connectivity index is 1.84. The first-order valence-electron chi connectivity index (χ1n) is 6.70. The van der Waals surface area contributed by atoms with Crippen LogP contribution in [-0.4, -0.2) is 34.1 Å². The number of hydrogen-bond donors (Lipinski definition) is 2. The number of aromatic nitrogens is 2. The molecule has 1 saturated carbocycles. The van der Waals surface area contributed by atoms with Crippen LogP contribution in [0, 0.1) is 5.41 Å². The largest absolute Gasteiger partial charge is 0.388 e. The van der Waals surface area contributed by atoms with Gasteiger partial charge in [0.2, 0.25) is 0 Å². The Bertz CT molecular complexity index is 392. The van der Waals surface area contributed by atoms with E-state index in [4.69, 9.17) is 11.1 Å². The predicted octanol–water partition coefficient (Wildman–Crippen LogP) is 1.76. The molecule has 3 N–H and O–H groups in total. The summed E-state index contributed by atoms with van der Waals surface area (Å²) in [6, 6.07) is 2.71. The van der Waals surface area contributed by atoms with Crippen LogP contribution < -0.4 is 5.73 Å². The summed E-state index contributed by atoms with van der Waals surface area (Å²) in [5.41, 5.74) is 6.46. The smallest absolute Gasteiger partial charge is 0.0918 e. The molecule has 1 fully saturated rings.